The van der Waals surface area contributed by atoms with Gasteiger partial charge in [0.2, 0.25) is 0 Å². The molecule has 0 amide bonds. The SMILES string of the molecule is CCC(C)N1CCN(C(C)C)C(CO)C1. The predicted octanol–water partition coefficient (Wildman–Crippen LogP) is 1.17. The fourth-order valence-corrected chi connectivity index (χ4v) is 2.39. The fourth-order valence-electron chi connectivity index (χ4n) is 2.39. The third-order valence-electron chi connectivity index (χ3n) is 3.65. The van der Waals surface area contributed by atoms with Gasteiger partial charge in [-0.3, -0.25) is 9.80 Å². The van der Waals surface area contributed by atoms with Crippen molar-refractivity contribution >= 4 is 0 Å². The highest BCUT2D eigenvalue weighted by Gasteiger charge is 2.29. The zero-order valence-electron chi connectivity index (χ0n) is 10.6. The second kappa shape index (κ2) is 5.83. The molecule has 0 aromatic heterocycles. The fraction of sp³-hybridized carbons (Fsp3) is 1.00. The molecule has 1 fully saturated rings. The molecule has 2 unspecified atom stereocenters. The zero-order valence-corrected chi connectivity index (χ0v) is 10.6. The molecule has 1 aliphatic rings. The molecule has 3 nitrogen and oxygen atoms in total. The van der Waals surface area contributed by atoms with Gasteiger partial charge in [-0.05, 0) is 27.2 Å². The number of aliphatic hydroxyl groups excluding tert-OH is 1. The Balaban J connectivity index is 2.54. The topological polar surface area (TPSA) is 26.7 Å². The first-order valence-electron chi connectivity index (χ1n) is 6.20. The summed E-state index contributed by atoms with van der Waals surface area (Å²) in [6, 6.07) is 1.52. The predicted molar refractivity (Wildman–Crippen MR) is 64.0 cm³/mol. The van der Waals surface area contributed by atoms with Crippen LogP contribution in [0.5, 0.6) is 0 Å². The van der Waals surface area contributed by atoms with E-state index in [0.29, 0.717) is 18.1 Å². The van der Waals surface area contributed by atoms with Crippen LogP contribution in [0.25, 0.3) is 0 Å². The van der Waals surface area contributed by atoms with Gasteiger partial charge in [-0.25, -0.2) is 0 Å². The van der Waals surface area contributed by atoms with E-state index in [1.807, 2.05) is 0 Å². The number of piperazine rings is 1. The van der Waals surface area contributed by atoms with Crippen LogP contribution in [0.15, 0.2) is 0 Å². The van der Waals surface area contributed by atoms with Gasteiger partial charge in [0.1, 0.15) is 0 Å². The van der Waals surface area contributed by atoms with E-state index in [4.69, 9.17) is 0 Å². The van der Waals surface area contributed by atoms with Crippen LogP contribution in [0.2, 0.25) is 0 Å². The molecular weight excluding hydrogens is 188 g/mol. The van der Waals surface area contributed by atoms with Gasteiger partial charge in [0.25, 0.3) is 0 Å². The van der Waals surface area contributed by atoms with Crippen molar-refractivity contribution in [3.8, 4) is 0 Å². The maximum absolute atomic E-state index is 9.41. The van der Waals surface area contributed by atoms with Gasteiger partial charge in [-0.15, -0.1) is 0 Å². The summed E-state index contributed by atoms with van der Waals surface area (Å²) in [6.45, 7) is 12.5. The molecule has 0 bridgehead atoms. The highest BCUT2D eigenvalue weighted by molar-refractivity contribution is 4.85. The molecule has 2 atom stereocenters. The Kier molecular flexibility index (Phi) is 5.03. The maximum Gasteiger partial charge on any atom is 0.0599 e. The molecule has 90 valence electrons. The molecule has 1 heterocycles. The summed E-state index contributed by atoms with van der Waals surface area (Å²) in [5, 5.41) is 9.41. The highest BCUT2D eigenvalue weighted by Crippen LogP contribution is 2.16. The molecule has 1 rings (SSSR count). The molecular formula is C12H26N2O. The first kappa shape index (κ1) is 12.9. The van der Waals surface area contributed by atoms with Crippen molar-refractivity contribution in [2.75, 3.05) is 26.2 Å². The second-order valence-corrected chi connectivity index (χ2v) is 4.92. The van der Waals surface area contributed by atoms with Crippen molar-refractivity contribution in [1.29, 1.82) is 0 Å². The van der Waals surface area contributed by atoms with Crippen LogP contribution in [0.3, 0.4) is 0 Å². The van der Waals surface area contributed by atoms with E-state index in [1.165, 1.54) is 6.42 Å². The molecule has 0 saturated carbocycles. The number of aliphatic hydroxyl groups is 1. The normalized spacial score (nSPS) is 27.2. The number of hydrogen-bond acceptors (Lipinski definition) is 3. The summed E-state index contributed by atoms with van der Waals surface area (Å²) in [5.74, 6) is 0. The van der Waals surface area contributed by atoms with E-state index < -0.39 is 0 Å². The summed E-state index contributed by atoms with van der Waals surface area (Å²) >= 11 is 0. The average molecular weight is 214 g/mol. The Morgan fingerprint density at radius 1 is 1.27 bits per heavy atom. The van der Waals surface area contributed by atoms with E-state index >= 15 is 0 Å². The van der Waals surface area contributed by atoms with Crippen LogP contribution >= 0.6 is 0 Å². The summed E-state index contributed by atoms with van der Waals surface area (Å²) in [7, 11) is 0. The van der Waals surface area contributed by atoms with Crippen LogP contribution in [0, 0.1) is 0 Å². The van der Waals surface area contributed by atoms with Gasteiger partial charge in [-0.1, -0.05) is 6.92 Å². The van der Waals surface area contributed by atoms with Gasteiger partial charge in [0.15, 0.2) is 0 Å². The van der Waals surface area contributed by atoms with Crippen molar-refractivity contribution in [3.05, 3.63) is 0 Å². The van der Waals surface area contributed by atoms with Crippen LogP contribution in [-0.4, -0.2) is 59.3 Å². The monoisotopic (exact) mass is 214 g/mol. The minimum absolute atomic E-state index is 0.283. The third kappa shape index (κ3) is 3.16. The van der Waals surface area contributed by atoms with E-state index in [-0.39, 0.29) is 6.61 Å². The molecule has 0 radical (unpaired) electrons. The van der Waals surface area contributed by atoms with Crippen molar-refractivity contribution in [2.24, 2.45) is 0 Å². The smallest absolute Gasteiger partial charge is 0.0599 e. The van der Waals surface area contributed by atoms with E-state index in [0.717, 1.165) is 19.6 Å². The van der Waals surface area contributed by atoms with Crippen LogP contribution in [0.1, 0.15) is 34.1 Å². The molecule has 1 aliphatic heterocycles. The Morgan fingerprint density at radius 3 is 2.40 bits per heavy atom. The van der Waals surface area contributed by atoms with Crippen molar-refractivity contribution in [2.45, 2.75) is 52.2 Å². The minimum Gasteiger partial charge on any atom is -0.395 e. The van der Waals surface area contributed by atoms with Crippen molar-refractivity contribution in [3.63, 3.8) is 0 Å². The number of hydrogen-bond donors (Lipinski definition) is 1. The van der Waals surface area contributed by atoms with E-state index in [1.54, 1.807) is 0 Å². The lowest BCUT2D eigenvalue weighted by Crippen LogP contribution is -2.58. The lowest BCUT2D eigenvalue weighted by Gasteiger charge is -2.44. The molecule has 0 aromatic rings. The first-order chi connectivity index (χ1) is 7.10. The number of nitrogens with zero attached hydrogens (tertiary/aromatic N) is 2. The summed E-state index contributed by atoms with van der Waals surface area (Å²) in [4.78, 5) is 4.92. The van der Waals surface area contributed by atoms with Crippen LogP contribution in [-0.2, 0) is 0 Å². The quantitative estimate of drug-likeness (QED) is 0.761. The Morgan fingerprint density at radius 2 is 1.93 bits per heavy atom. The molecule has 0 aromatic carbocycles. The van der Waals surface area contributed by atoms with Gasteiger partial charge in [0, 0.05) is 37.8 Å². The zero-order chi connectivity index (χ0) is 11.4. The molecule has 15 heavy (non-hydrogen) atoms. The average Bonchev–Trinajstić information content (AvgIpc) is 2.26. The number of rotatable bonds is 4. The molecule has 1 N–H and O–H groups in total. The Hall–Kier alpha value is -0.120. The lowest BCUT2D eigenvalue weighted by molar-refractivity contribution is 0.00618. The molecule has 0 aliphatic carbocycles. The van der Waals surface area contributed by atoms with Gasteiger partial charge in [-0.2, -0.15) is 0 Å². The Labute approximate surface area is 94.1 Å². The lowest BCUT2D eigenvalue weighted by atomic mass is 10.1. The maximum atomic E-state index is 9.41. The minimum atomic E-state index is 0.283. The second-order valence-electron chi connectivity index (χ2n) is 4.92. The third-order valence-corrected chi connectivity index (χ3v) is 3.65. The van der Waals surface area contributed by atoms with Gasteiger partial charge < -0.3 is 5.11 Å². The summed E-state index contributed by atoms with van der Waals surface area (Å²) in [6.07, 6.45) is 1.19. The Bertz CT molecular complexity index is 184. The van der Waals surface area contributed by atoms with Crippen LogP contribution in [0.4, 0.5) is 0 Å². The summed E-state index contributed by atoms with van der Waals surface area (Å²) in [5.41, 5.74) is 0. The van der Waals surface area contributed by atoms with E-state index in [2.05, 4.69) is 37.5 Å². The molecule has 3 heteroatoms. The molecule has 1 saturated heterocycles. The van der Waals surface area contributed by atoms with Crippen LogP contribution < -0.4 is 0 Å². The van der Waals surface area contributed by atoms with Gasteiger partial charge in [0.05, 0.1) is 6.61 Å². The highest BCUT2D eigenvalue weighted by atomic mass is 16.3. The van der Waals surface area contributed by atoms with Gasteiger partial charge >= 0.3 is 0 Å². The molecule has 0 spiro atoms. The first-order valence-corrected chi connectivity index (χ1v) is 6.20. The standard InChI is InChI=1S/C12H26N2O/c1-5-11(4)13-6-7-14(10(2)3)12(8-13)9-15/h10-12,15H,5-9H2,1-4H3. The van der Waals surface area contributed by atoms with E-state index in [9.17, 15) is 5.11 Å². The van der Waals surface area contributed by atoms with Crippen molar-refractivity contribution in [1.82, 2.24) is 9.80 Å². The summed E-state index contributed by atoms with van der Waals surface area (Å²) < 4.78 is 0. The van der Waals surface area contributed by atoms with Crippen molar-refractivity contribution < 1.29 is 5.11 Å². The largest absolute Gasteiger partial charge is 0.395 e.